The highest BCUT2D eigenvalue weighted by Gasteiger charge is 2.72. The van der Waals surface area contributed by atoms with Crippen molar-refractivity contribution >= 4 is 5.78 Å². The van der Waals surface area contributed by atoms with Gasteiger partial charge in [0.2, 0.25) is 0 Å². The second kappa shape index (κ2) is 8.59. The van der Waals surface area contributed by atoms with Gasteiger partial charge in [0, 0.05) is 29.6 Å². The Kier molecular flexibility index (Phi) is 5.24. The summed E-state index contributed by atoms with van der Waals surface area (Å²) >= 11 is 0. The molecule has 3 fully saturated rings. The van der Waals surface area contributed by atoms with Crippen LogP contribution in [0.3, 0.4) is 0 Å². The molecule has 2 aromatic carbocycles. The smallest absolute Gasteiger partial charge is 0.174 e. The van der Waals surface area contributed by atoms with Gasteiger partial charge in [0.15, 0.2) is 41.0 Å². The number of nitrogens with zero attached hydrogens (tertiary/aromatic N) is 2. The van der Waals surface area contributed by atoms with Gasteiger partial charge in [0.25, 0.3) is 0 Å². The van der Waals surface area contributed by atoms with Crippen molar-refractivity contribution in [1.82, 2.24) is 9.80 Å². The Balaban J connectivity index is 0.000000123. The van der Waals surface area contributed by atoms with Gasteiger partial charge in [-0.1, -0.05) is 18.2 Å². The molecule has 2 aromatic rings. The molecule has 10 rings (SSSR count). The standard InChI is InChI=1S/C18H19NO3.C17H19NO4/c1-19-8-7-18-11-4-6-14(21-2)17(18)22-16-13(20)5-3-10(15(16)18)9-12(11)19;1-18-7-6-16-13-9-2-3-10(19)14(13)22-15(16)11(20)4-5-17(16,21)12(18)8-9/h3-6,12,17,20H,7-9H2,1-2H3;2-3,12,15,19,21H,4-8H2,1H3/t12-,17+,18+;12-,15+,16+,17-/m11/s1. The highest BCUT2D eigenvalue weighted by molar-refractivity contribution is 5.90. The third-order valence-electron chi connectivity index (χ3n) is 12.5. The number of benzene rings is 2. The van der Waals surface area contributed by atoms with Gasteiger partial charge in [0.1, 0.15) is 5.76 Å². The number of ketones is 1. The largest absolute Gasteiger partial charge is 0.504 e. The van der Waals surface area contributed by atoms with E-state index in [9.17, 15) is 20.1 Å². The Morgan fingerprint density at radius 3 is 2.30 bits per heavy atom. The van der Waals surface area contributed by atoms with Gasteiger partial charge in [-0.25, -0.2) is 0 Å². The number of phenolic OH excluding ortho intramolecular Hbond substituents is 2. The Morgan fingerprint density at radius 1 is 0.864 bits per heavy atom. The van der Waals surface area contributed by atoms with E-state index in [0.717, 1.165) is 49.2 Å². The molecule has 9 nitrogen and oxygen atoms in total. The summed E-state index contributed by atoms with van der Waals surface area (Å²) in [6.07, 6.45) is 7.71. The summed E-state index contributed by atoms with van der Waals surface area (Å²) in [5.41, 5.74) is 4.15. The van der Waals surface area contributed by atoms with Crippen LogP contribution in [-0.2, 0) is 33.2 Å². The van der Waals surface area contributed by atoms with Crippen molar-refractivity contribution in [2.75, 3.05) is 34.3 Å². The SMILES string of the molecule is CN1CC[C@]23c4c5ccc(O)c4O[C@H]2C(=O)CC[C@@]3(O)[C@H]1C5.COC1=CC=C2[C@H]3Cc4ccc(O)c5c4[C@@]2(CCN3C)[C@H]1O5. The number of hydrogen-bond acceptors (Lipinski definition) is 9. The number of hydrogen-bond donors (Lipinski definition) is 3. The van der Waals surface area contributed by atoms with Gasteiger partial charge in [0.05, 0.1) is 23.5 Å². The topological polar surface area (TPSA) is 112 Å². The van der Waals surface area contributed by atoms with Crippen LogP contribution in [0.5, 0.6) is 23.0 Å². The van der Waals surface area contributed by atoms with Gasteiger partial charge in [-0.3, -0.25) is 9.69 Å². The first-order chi connectivity index (χ1) is 21.2. The van der Waals surface area contributed by atoms with Crippen molar-refractivity contribution in [2.45, 2.75) is 79.2 Å². The number of allylic oxidation sites excluding steroid dienone is 2. The average Bonchev–Trinajstić information content (AvgIpc) is 3.56. The number of carbonyl (C=O) groups excluding carboxylic acids is 1. The van der Waals surface area contributed by atoms with Crippen LogP contribution in [0.4, 0.5) is 0 Å². The lowest BCUT2D eigenvalue weighted by atomic mass is 9.49. The first kappa shape index (κ1) is 26.8. The number of methoxy groups -OCH3 is 1. The first-order valence-electron chi connectivity index (χ1n) is 15.8. The van der Waals surface area contributed by atoms with Crippen LogP contribution < -0.4 is 9.47 Å². The number of rotatable bonds is 1. The first-order valence-corrected chi connectivity index (χ1v) is 15.8. The van der Waals surface area contributed by atoms with E-state index >= 15 is 0 Å². The number of likely N-dealkylation sites (tertiary alicyclic amines) is 2. The maximum atomic E-state index is 12.5. The number of Topliss-reactive ketones (excluding diaryl/α,β-unsaturated/α-hetero) is 1. The fourth-order valence-electron chi connectivity index (χ4n) is 10.5. The highest BCUT2D eigenvalue weighted by Crippen LogP contribution is 2.65. The van der Waals surface area contributed by atoms with Gasteiger partial charge in [-0.2, -0.15) is 0 Å². The van der Waals surface area contributed by atoms with Crippen molar-refractivity contribution < 1.29 is 34.3 Å². The molecule has 0 radical (unpaired) electrons. The maximum Gasteiger partial charge on any atom is 0.174 e. The minimum Gasteiger partial charge on any atom is -0.504 e. The fraction of sp³-hybridized carbons (Fsp3) is 0.514. The third kappa shape index (κ3) is 2.90. The molecule has 4 bridgehead atoms. The molecule has 1 saturated carbocycles. The van der Waals surface area contributed by atoms with Gasteiger partial charge in [-0.15, -0.1) is 0 Å². The van der Waals surface area contributed by atoms with E-state index in [1.165, 1.54) is 16.7 Å². The molecule has 7 atom stereocenters. The number of aliphatic hydroxyl groups is 1. The molecule has 9 heteroatoms. The number of carbonyl (C=O) groups is 1. The molecule has 4 aliphatic heterocycles. The number of aromatic hydroxyl groups is 2. The van der Waals surface area contributed by atoms with Crippen LogP contribution in [0.25, 0.3) is 0 Å². The third-order valence-corrected chi connectivity index (χ3v) is 12.5. The summed E-state index contributed by atoms with van der Waals surface area (Å²) < 4.78 is 17.8. The lowest BCUT2D eigenvalue weighted by Crippen LogP contribution is -2.76. The predicted octanol–water partition coefficient (Wildman–Crippen LogP) is 2.87. The summed E-state index contributed by atoms with van der Waals surface area (Å²) in [5, 5.41) is 32.1. The molecule has 4 aliphatic carbocycles. The Bertz CT molecular complexity index is 1720. The lowest BCUT2D eigenvalue weighted by molar-refractivity contribution is -0.185. The molecular formula is C35H38N2O7. The molecule has 44 heavy (non-hydrogen) atoms. The number of phenols is 2. The zero-order valence-electron chi connectivity index (χ0n) is 25.3. The zero-order chi connectivity index (χ0) is 30.3. The van der Waals surface area contributed by atoms with E-state index in [0.29, 0.717) is 36.8 Å². The second-order valence-corrected chi connectivity index (χ2v) is 14.0. The lowest BCUT2D eigenvalue weighted by Gasteiger charge is -2.61. The van der Waals surface area contributed by atoms with Crippen molar-refractivity contribution in [3.05, 3.63) is 70.0 Å². The van der Waals surface area contributed by atoms with Crippen LogP contribution in [0.15, 0.2) is 47.7 Å². The molecule has 2 saturated heterocycles. The number of likely N-dealkylation sites (N-methyl/N-ethyl adjacent to an activating group) is 2. The minimum atomic E-state index is -0.954. The second-order valence-electron chi connectivity index (χ2n) is 14.0. The van der Waals surface area contributed by atoms with Crippen LogP contribution >= 0.6 is 0 Å². The van der Waals surface area contributed by atoms with E-state index < -0.39 is 17.1 Å². The summed E-state index contributed by atoms with van der Waals surface area (Å²) in [4.78, 5) is 17.2. The van der Waals surface area contributed by atoms with E-state index in [4.69, 9.17) is 14.2 Å². The molecular weight excluding hydrogens is 560 g/mol. The zero-order valence-corrected chi connectivity index (χ0v) is 25.3. The van der Waals surface area contributed by atoms with Crippen molar-refractivity contribution in [3.63, 3.8) is 0 Å². The summed E-state index contributed by atoms with van der Waals surface area (Å²) in [7, 11) is 5.94. The molecule has 3 N–H and O–H groups in total. The van der Waals surface area contributed by atoms with Crippen molar-refractivity contribution in [2.24, 2.45) is 0 Å². The van der Waals surface area contributed by atoms with Crippen LogP contribution in [0.1, 0.15) is 47.9 Å². The quantitative estimate of drug-likeness (QED) is 0.456. The Labute approximate surface area is 256 Å². The summed E-state index contributed by atoms with van der Waals surface area (Å²) in [5.74, 6) is 2.33. The number of ether oxygens (including phenoxy) is 3. The van der Waals surface area contributed by atoms with E-state index in [1.807, 2.05) is 19.2 Å². The van der Waals surface area contributed by atoms with Crippen molar-refractivity contribution in [1.29, 1.82) is 0 Å². The molecule has 0 amide bonds. The van der Waals surface area contributed by atoms with E-state index in [2.05, 4.69) is 29.0 Å². The van der Waals surface area contributed by atoms with Crippen molar-refractivity contribution in [3.8, 4) is 23.0 Å². The fourth-order valence-corrected chi connectivity index (χ4v) is 10.5. The van der Waals surface area contributed by atoms with Crippen LogP contribution in [-0.4, -0.2) is 95.1 Å². The summed E-state index contributed by atoms with van der Waals surface area (Å²) in [6, 6.07) is 7.82. The molecule has 0 aromatic heterocycles. The molecule has 230 valence electrons. The molecule has 0 unspecified atom stereocenters. The van der Waals surface area contributed by atoms with Gasteiger partial charge in [-0.05, 0) is 94.2 Å². The van der Waals surface area contributed by atoms with Gasteiger partial charge < -0.3 is 34.4 Å². The Hall–Kier alpha value is -3.53. The molecule has 4 heterocycles. The average molecular weight is 599 g/mol. The van der Waals surface area contributed by atoms with E-state index in [-0.39, 0.29) is 34.8 Å². The molecule has 2 spiro atoms. The highest BCUT2D eigenvalue weighted by atomic mass is 16.5. The normalized spacial score (nSPS) is 38.2. The van der Waals surface area contributed by atoms with Gasteiger partial charge >= 0.3 is 0 Å². The van der Waals surface area contributed by atoms with Crippen LogP contribution in [0, 0.1) is 0 Å². The van der Waals surface area contributed by atoms with E-state index in [1.54, 1.807) is 19.2 Å². The minimum absolute atomic E-state index is 0.00319. The Morgan fingerprint density at radius 2 is 1.55 bits per heavy atom. The predicted molar refractivity (Wildman–Crippen MR) is 160 cm³/mol. The molecule has 8 aliphatic rings. The number of piperidine rings is 2. The summed E-state index contributed by atoms with van der Waals surface area (Å²) in [6.45, 7) is 1.86. The maximum absolute atomic E-state index is 12.5. The monoisotopic (exact) mass is 598 g/mol. The van der Waals surface area contributed by atoms with Crippen LogP contribution in [0.2, 0.25) is 0 Å².